The molecule has 0 spiro atoms. The number of fused-ring (bicyclic) bond motifs is 6. The maximum atomic E-state index is 16.9. The van der Waals surface area contributed by atoms with Crippen molar-refractivity contribution in [3.8, 4) is 29.1 Å². The van der Waals surface area contributed by atoms with Crippen LogP contribution in [0.2, 0.25) is 0 Å². The van der Waals surface area contributed by atoms with Gasteiger partial charge in [-0.1, -0.05) is 13.0 Å². The number of pyridine rings is 1. The van der Waals surface area contributed by atoms with Crippen molar-refractivity contribution in [1.82, 2.24) is 19.9 Å². The molecule has 3 saturated carbocycles. The summed E-state index contributed by atoms with van der Waals surface area (Å²) in [6.07, 6.45) is 7.78. The number of rotatable bonds is 7. The molecule has 47 heavy (non-hydrogen) atoms. The van der Waals surface area contributed by atoms with Gasteiger partial charge in [-0.25, -0.2) is 13.2 Å². The summed E-state index contributed by atoms with van der Waals surface area (Å²) in [4.78, 5) is 16.0. The van der Waals surface area contributed by atoms with Gasteiger partial charge < -0.3 is 15.2 Å². The van der Waals surface area contributed by atoms with Crippen molar-refractivity contribution in [3.63, 3.8) is 0 Å². The quantitative estimate of drug-likeness (QED) is 0.215. The predicted molar refractivity (Wildman–Crippen MR) is 172 cm³/mol. The summed E-state index contributed by atoms with van der Waals surface area (Å²) < 4.78 is 52.6. The van der Waals surface area contributed by atoms with E-state index in [2.05, 4.69) is 26.3 Å². The third-order valence-electron chi connectivity index (χ3n) is 11.5. The van der Waals surface area contributed by atoms with E-state index in [9.17, 15) is 19.1 Å². The van der Waals surface area contributed by atoms with Gasteiger partial charge in [0.25, 0.3) is 0 Å². The minimum atomic E-state index is -0.924. The van der Waals surface area contributed by atoms with E-state index in [4.69, 9.17) is 9.72 Å². The van der Waals surface area contributed by atoms with E-state index in [-0.39, 0.29) is 46.1 Å². The van der Waals surface area contributed by atoms with Crippen LogP contribution in [-0.4, -0.2) is 61.9 Å². The molecule has 0 unspecified atom stereocenters. The molecule has 5 aliphatic rings. The first-order chi connectivity index (χ1) is 22.7. The Labute approximate surface area is 271 Å². The maximum Gasteiger partial charge on any atom is 0.319 e. The summed E-state index contributed by atoms with van der Waals surface area (Å²) in [5.41, 5.74) is -0.459. The lowest BCUT2D eigenvalue weighted by Crippen LogP contribution is -2.50. The van der Waals surface area contributed by atoms with E-state index >= 15 is 4.39 Å². The fourth-order valence-electron chi connectivity index (χ4n) is 8.86. The minimum absolute atomic E-state index is 0.0154. The number of phenolic OH excluding ortho intramolecular Hbond substituents is 1. The Morgan fingerprint density at radius 3 is 2.64 bits per heavy atom. The molecule has 0 radical (unpaired) electrons. The summed E-state index contributed by atoms with van der Waals surface area (Å²) in [6.45, 7) is 3.20. The second-order valence-corrected chi connectivity index (χ2v) is 14.2. The van der Waals surface area contributed by atoms with Crippen LogP contribution in [0.15, 0.2) is 30.5 Å². The molecule has 4 aromatic rings. The van der Waals surface area contributed by atoms with Crippen molar-refractivity contribution in [2.24, 2.45) is 5.41 Å². The van der Waals surface area contributed by atoms with E-state index in [1.165, 1.54) is 24.4 Å². The van der Waals surface area contributed by atoms with E-state index in [0.29, 0.717) is 46.9 Å². The fraction of sp³-hybridized carbons (Fsp3) is 0.500. The van der Waals surface area contributed by atoms with Gasteiger partial charge in [0.1, 0.15) is 41.4 Å². The van der Waals surface area contributed by atoms with Crippen molar-refractivity contribution >= 4 is 27.5 Å². The number of nitrogens with zero attached hydrogens (tertiary/aromatic N) is 5. The molecule has 9 rings (SSSR count). The van der Waals surface area contributed by atoms with Crippen LogP contribution in [-0.2, 0) is 6.42 Å². The molecule has 4 heterocycles. The summed E-state index contributed by atoms with van der Waals surface area (Å²) >= 11 is 0. The topological polar surface area (TPSA) is 107 Å². The van der Waals surface area contributed by atoms with Crippen LogP contribution in [0.4, 0.5) is 19.0 Å². The van der Waals surface area contributed by atoms with Gasteiger partial charge in [-0.2, -0.15) is 15.2 Å². The van der Waals surface area contributed by atoms with Crippen LogP contribution in [0, 0.1) is 28.4 Å². The number of hydrogen-bond acceptors (Lipinski definition) is 8. The van der Waals surface area contributed by atoms with Crippen molar-refractivity contribution in [2.45, 2.75) is 88.4 Å². The van der Waals surface area contributed by atoms with E-state index in [0.717, 1.165) is 57.9 Å². The highest BCUT2D eigenvalue weighted by molar-refractivity contribution is 6.01. The zero-order chi connectivity index (χ0) is 32.6. The Morgan fingerprint density at radius 1 is 1.11 bits per heavy atom. The van der Waals surface area contributed by atoms with Gasteiger partial charge in [-0.3, -0.25) is 9.88 Å². The summed E-state index contributed by atoms with van der Waals surface area (Å²) in [5, 5.41) is 25.4. The van der Waals surface area contributed by atoms with Crippen LogP contribution in [0.3, 0.4) is 0 Å². The predicted octanol–water partition coefficient (Wildman–Crippen LogP) is 7.37. The Kier molecular flexibility index (Phi) is 7.03. The average molecular weight is 643 g/mol. The molecule has 11 heteroatoms. The number of aromatic hydroxyl groups is 1. The molecule has 2 aliphatic heterocycles. The number of aryl methyl sites for hydroxylation is 1. The average Bonchev–Trinajstić information content (AvgIpc) is 3.60. The number of nitrogens with one attached hydrogen (secondary N) is 1. The van der Waals surface area contributed by atoms with Gasteiger partial charge in [0, 0.05) is 30.3 Å². The third kappa shape index (κ3) is 4.86. The second kappa shape index (κ2) is 10.9. The largest absolute Gasteiger partial charge is 0.508 e. The Balaban J connectivity index is 1.25. The summed E-state index contributed by atoms with van der Waals surface area (Å²) in [6, 6.07) is 8.36. The van der Waals surface area contributed by atoms with Crippen LogP contribution in [0.25, 0.3) is 32.9 Å². The van der Waals surface area contributed by atoms with Crippen LogP contribution in [0.1, 0.15) is 70.3 Å². The lowest BCUT2D eigenvalue weighted by Gasteiger charge is -2.51. The van der Waals surface area contributed by atoms with Crippen LogP contribution >= 0.6 is 0 Å². The van der Waals surface area contributed by atoms with Crippen LogP contribution < -0.4 is 10.1 Å². The Bertz CT molecular complexity index is 1940. The Morgan fingerprint density at radius 2 is 1.89 bits per heavy atom. The second-order valence-electron chi connectivity index (χ2n) is 14.2. The van der Waals surface area contributed by atoms with Crippen molar-refractivity contribution in [3.05, 3.63) is 47.7 Å². The SMILES string of the molecule is CCc1c(F)ccc2cc(O)cc(-c3ncc4c(NC56CCC(C#N)(CC5)CC6)nc(OC[C@@]56CCCN5C[C@H](F)C6)nc4c3F)c12. The van der Waals surface area contributed by atoms with Gasteiger partial charge >= 0.3 is 6.01 Å². The number of alkyl halides is 1. The van der Waals surface area contributed by atoms with E-state index < -0.39 is 23.3 Å². The zero-order valence-electron chi connectivity index (χ0n) is 26.4. The monoisotopic (exact) mass is 642 g/mol. The molecule has 2 aromatic heterocycles. The molecule has 2 aromatic carbocycles. The first-order valence-corrected chi connectivity index (χ1v) is 16.7. The van der Waals surface area contributed by atoms with Gasteiger partial charge in [0.05, 0.1) is 22.4 Å². The molecule has 2 atom stereocenters. The maximum absolute atomic E-state index is 16.9. The molecular weight excluding hydrogens is 605 g/mol. The lowest BCUT2D eigenvalue weighted by atomic mass is 9.58. The molecular formula is C36H37F3N6O2. The highest BCUT2D eigenvalue weighted by atomic mass is 19.1. The number of hydrogen-bond donors (Lipinski definition) is 2. The molecule has 0 amide bonds. The Hall–Kier alpha value is -4.17. The van der Waals surface area contributed by atoms with E-state index in [1.807, 2.05) is 6.92 Å². The molecule has 2 bridgehead atoms. The molecule has 5 fully saturated rings. The number of halogens is 3. The number of aromatic nitrogens is 3. The number of benzene rings is 2. The summed E-state index contributed by atoms with van der Waals surface area (Å²) in [5.74, 6) is -0.859. The molecule has 244 valence electrons. The number of anilines is 1. The lowest BCUT2D eigenvalue weighted by molar-refractivity contribution is 0.102. The minimum Gasteiger partial charge on any atom is -0.508 e. The number of nitriles is 1. The smallest absolute Gasteiger partial charge is 0.319 e. The molecule has 8 nitrogen and oxygen atoms in total. The standard InChI is InChI=1S/C36H37F3N6O2/c1-2-24-27(38)5-4-21-14-23(46)15-25(28(21)24)30-29(39)31-26(17-41-30)32(44-35-10-7-34(19-40,8-11-35)9-12-35)43-33(42-31)47-20-36-6-3-13-45(36)18-22(37)16-36/h4-5,14-15,17,22,46H,2-3,6-13,16,18,20H2,1H3,(H,42,43,44)/t22-,34?,35?,36+/m1/s1. The first kappa shape index (κ1) is 30.2. The normalized spacial score (nSPS) is 28.5. The van der Waals surface area contributed by atoms with Gasteiger partial charge in [-0.15, -0.1) is 0 Å². The van der Waals surface area contributed by atoms with Gasteiger partial charge in [0.15, 0.2) is 5.82 Å². The van der Waals surface area contributed by atoms with Crippen molar-refractivity contribution < 1.29 is 23.0 Å². The number of ether oxygens (including phenoxy) is 1. The van der Waals surface area contributed by atoms with Crippen molar-refractivity contribution in [1.29, 1.82) is 5.26 Å². The zero-order valence-corrected chi connectivity index (χ0v) is 26.4. The molecule has 2 N–H and O–H groups in total. The van der Waals surface area contributed by atoms with E-state index in [1.54, 1.807) is 6.07 Å². The highest BCUT2D eigenvalue weighted by Crippen LogP contribution is 2.53. The van der Waals surface area contributed by atoms with Gasteiger partial charge in [0.2, 0.25) is 0 Å². The highest BCUT2D eigenvalue weighted by Gasteiger charge is 2.50. The first-order valence-electron chi connectivity index (χ1n) is 16.7. The van der Waals surface area contributed by atoms with Crippen LogP contribution in [0.5, 0.6) is 11.8 Å². The summed E-state index contributed by atoms with van der Waals surface area (Å²) in [7, 11) is 0. The third-order valence-corrected chi connectivity index (χ3v) is 11.5. The number of phenols is 1. The molecule has 3 aliphatic carbocycles. The van der Waals surface area contributed by atoms with Gasteiger partial charge in [-0.05, 0) is 98.9 Å². The molecule has 2 saturated heterocycles. The van der Waals surface area contributed by atoms with Crippen molar-refractivity contribution in [2.75, 3.05) is 25.0 Å². The fourth-order valence-corrected chi connectivity index (χ4v) is 8.86.